The van der Waals surface area contributed by atoms with Crippen molar-refractivity contribution >= 4 is 74.5 Å². The van der Waals surface area contributed by atoms with Crippen LogP contribution in [0.2, 0.25) is 10.0 Å². The van der Waals surface area contributed by atoms with Gasteiger partial charge in [0.1, 0.15) is 10.1 Å². The molecular weight excluding hydrogens is 423 g/mol. The number of aromatic nitrogens is 1. The molecule has 1 fully saturated rings. The predicted octanol–water partition coefficient (Wildman–Crippen LogP) is 5.02. The first-order chi connectivity index (χ1) is 13.0. The smallest absolute Gasteiger partial charge is 0.263 e. The Kier molecular flexibility index (Phi) is 4.94. The molecule has 0 saturated carbocycles. The quantitative estimate of drug-likeness (QED) is 0.333. The molecule has 2 aromatic heterocycles. The minimum absolute atomic E-state index is 0.239. The minimum atomic E-state index is -0.239. The summed E-state index contributed by atoms with van der Waals surface area (Å²) < 4.78 is 6.30. The number of hydrogen-bond acceptors (Lipinski definition) is 5. The first-order valence-corrected chi connectivity index (χ1v) is 9.58. The summed E-state index contributed by atoms with van der Waals surface area (Å²) in [5.41, 5.74) is 1.70. The maximum absolute atomic E-state index is 11.8. The Morgan fingerprint density at radius 3 is 2.70 bits per heavy atom. The van der Waals surface area contributed by atoms with Gasteiger partial charge in [0.2, 0.25) is 0 Å². The van der Waals surface area contributed by atoms with Crippen LogP contribution in [-0.4, -0.2) is 15.2 Å². The monoisotopic (exact) mass is 430 g/mol. The number of benzene rings is 1. The zero-order valence-corrected chi connectivity index (χ0v) is 16.5. The van der Waals surface area contributed by atoms with Crippen LogP contribution >= 0.6 is 47.2 Å². The second kappa shape index (κ2) is 7.37. The summed E-state index contributed by atoms with van der Waals surface area (Å²) >= 11 is 18.5. The second-order valence-corrected chi connectivity index (χ2v) is 7.99. The lowest BCUT2D eigenvalue weighted by Crippen LogP contribution is -2.17. The van der Waals surface area contributed by atoms with E-state index >= 15 is 0 Å². The number of nitrogens with one attached hydrogen (secondary N) is 1. The van der Waals surface area contributed by atoms with Crippen LogP contribution in [0.5, 0.6) is 0 Å². The van der Waals surface area contributed by atoms with Crippen LogP contribution in [0.4, 0.5) is 0 Å². The minimum Gasteiger partial charge on any atom is -0.455 e. The van der Waals surface area contributed by atoms with Gasteiger partial charge < -0.3 is 9.73 Å². The van der Waals surface area contributed by atoms with Gasteiger partial charge in [-0.3, -0.25) is 9.78 Å². The van der Waals surface area contributed by atoms with Gasteiger partial charge in [-0.1, -0.05) is 65.1 Å². The van der Waals surface area contributed by atoms with Gasteiger partial charge >= 0.3 is 0 Å². The maximum atomic E-state index is 11.8. The summed E-state index contributed by atoms with van der Waals surface area (Å²) in [6.45, 7) is 0. The first-order valence-electron chi connectivity index (χ1n) is 7.60. The van der Waals surface area contributed by atoms with E-state index in [4.69, 9.17) is 39.8 Å². The van der Waals surface area contributed by atoms with E-state index in [1.54, 1.807) is 42.7 Å². The van der Waals surface area contributed by atoms with E-state index in [0.29, 0.717) is 41.7 Å². The fraction of sp³-hybridized carbons (Fsp3) is 0. The Labute approximate surface area is 173 Å². The lowest BCUT2D eigenvalue weighted by atomic mass is 10.2. The van der Waals surface area contributed by atoms with E-state index in [9.17, 15) is 4.79 Å². The molecule has 0 spiro atoms. The predicted molar refractivity (Wildman–Crippen MR) is 113 cm³/mol. The van der Waals surface area contributed by atoms with Crippen molar-refractivity contribution in [2.45, 2.75) is 0 Å². The van der Waals surface area contributed by atoms with Crippen LogP contribution in [0.25, 0.3) is 17.0 Å². The summed E-state index contributed by atoms with van der Waals surface area (Å²) in [6, 6.07) is 7.00. The molecule has 132 valence electrons. The number of furan rings is 1. The molecule has 4 nitrogen and oxygen atoms in total. The molecule has 0 aliphatic carbocycles. The SMILES string of the molecule is O=C1NC(=S)S/C1=C\c1cc2cncc(C#Cc3c(Cl)cccc3Cl)c2o1. The molecule has 8 heteroatoms. The lowest BCUT2D eigenvalue weighted by Gasteiger charge is -1.98. The first kappa shape index (κ1) is 18.1. The molecule has 1 aliphatic heterocycles. The molecule has 0 radical (unpaired) electrons. The average Bonchev–Trinajstić information content (AvgIpc) is 3.17. The molecule has 1 saturated heterocycles. The highest BCUT2D eigenvalue weighted by atomic mass is 35.5. The molecule has 1 amide bonds. The second-order valence-electron chi connectivity index (χ2n) is 5.45. The van der Waals surface area contributed by atoms with Crippen molar-refractivity contribution in [1.29, 1.82) is 0 Å². The number of carbonyl (C=O) groups is 1. The van der Waals surface area contributed by atoms with Gasteiger partial charge in [0.25, 0.3) is 5.91 Å². The third-order valence-electron chi connectivity index (χ3n) is 3.64. The summed E-state index contributed by atoms with van der Waals surface area (Å²) in [6.07, 6.45) is 4.91. The van der Waals surface area contributed by atoms with E-state index in [1.165, 1.54) is 11.8 Å². The standard InChI is InChI=1S/C19H8Cl2N2O2S2/c20-14-2-1-3-15(21)13(14)5-4-10-8-22-9-11-6-12(25-17(10)11)7-16-18(24)23-19(26)27-16/h1-3,6-9H,(H,23,24,26)/b16-7-. The van der Waals surface area contributed by atoms with E-state index in [2.05, 4.69) is 22.1 Å². The van der Waals surface area contributed by atoms with E-state index in [0.717, 1.165) is 5.39 Å². The van der Waals surface area contributed by atoms with Crippen LogP contribution in [0, 0.1) is 11.8 Å². The van der Waals surface area contributed by atoms with Crippen LogP contribution in [-0.2, 0) is 4.79 Å². The van der Waals surface area contributed by atoms with Crippen LogP contribution in [0.1, 0.15) is 16.9 Å². The molecular formula is C19H8Cl2N2O2S2. The molecule has 27 heavy (non-hydrogen) atoms. The van der Waals surface area contributed by atoms with Gasteiger partial charge in [-0.15, -0.1) is 0 Å². The third-order valence-corrected chi connectivity index (χ3v) is 5.43. The van der Waals surface area contributed by atoms with E-state index in [-0.39, 0.29) is 5.91 Å². The maximum Gasteiger partial charge on any atom is 0.263 e. The van der Waals surface area contributed by atoms with Crippen molar-refractivity contribution in [1.82, 2.24) is 10.3 Å². The van der Waals surface area contributed by atoms with Gasteiger partial charge in [0.05, 0.1) is 26.1 Å². The zero-order valence-electron chi connectivity index (χ0n) is 13.4. The lowest BCUT2D eigenvalue weighted by molar-refractivity contribution is -0.115. The summed E-state index contributed by atoms with van der Waals surface area (Å²) in [5, 5.41) is 4.28. The number of thioether (sulfide) groups is 1. The van der Waals surface area contributed by atoms with Gasteiger partial charge in [0.15, 0.2) is 5.58 Å². The Balaban J connectivity index is 1.75. The Morgan fingerprint density at radius 2 is 2.00 bits per heavy atom. The molecule has 1 N–H and O–H groups in total. The van der Waals surface area contributed by atoms with Crippen molar-refractivity contribution in [2.75, 3.05) is 0 Å². The molecule has 4 rings (SSSR count). The van der Waals surface area contributed by atoms with Crippen molar-refractivity contribution in [2.24, 2.45) is 0 Å². The molecule has 3 heterocycles. The summed E-state index contributed by atoms with van der Waals surface area (Å²) in [4.78, 5) is 16.5. The highest BCUT2D eigenvalue weighted by Gasteiger charge is 2.22. The third kappa shape index (κ3) is 3.73. The molecule has 1 aliphatic rings. The number of hydrogen-bond donors (Lipinski definition) is 1. The number of fused-ring (bicyclic) bond motifs is 1. The Bertz CT molecular complexity index is 1190. The fourth-order valence-corrected chi connectivity index (χ4v) is 3.96. The zero-order chi connectivity index (χ0) is 19.0. The van der Waals surface area contributed by atoms with Gasteiger partial charge in [0, 0.05) is 23.9 Å². The fourth-order valence-electron chi connectivity index (χ4n) is 2.44. The van der Waals surface area contributed by atoms with E-state index < -0.39 is 0 Å². The van der Waals surface area contributed by atoms with Gasteiger partial charge in [-0.2, -0.15) is 0 Å². The Morgan fingerprint density at radius 1 is 1.22 bits per heavy atom. The molecule has 1 aromatic carbocycles. The van der Waals surface area contributed by atoms with Crippen LogP contribution in [0.15, 0.2) is 46.0 Å². The number of amides is 1. The average molecular weight is 431 g/mol. The van der Waals surface area contributed by atoms with Crippen molar-refractivity contribution in [3.05, 3.63) is 68.5 Å². The van der Waals surface area contributed by atoms with Crippen LogP contribution < -0.4 is 5.32 Å². The number of thiocarbonyl (C=S) groups is 1. The largest absolute Gasteiger partial charge is 0.455 e. The highest BCUT2D eigenvalue weighted by molar-refractivity contribution is 8.26. The number of rotatable bonds is 1. The van der Waals surface area contributed by atoms with Crippen molar-refractivity contribution in [3.8, 4) is 11.8 Å². The molecule has 3 aromatic rings. The van der Waals surface area contributed by atoms with Gasteiger partial charge in [-0.05, 0) is 18.2 Å². The van der Waals surface area contributed by atoms with Crippen molar-refractivity contribution in [3.63, 3.8) is 0 Å². The number of nitrogens with zero attached hydrogens (tertiary/aromatic N) is 1. The Hall–Kier alpha value is -2.30. The van der Waals surface area contributed by atoms with Crippen molar-refractivity contribution < 1.29 is 9.21 Å². The molecule has 0 unspecified atom stereocenters. The normalized spacial score (nSPS) is 15.1. The summed E-state index contributed by atoms with van der Waals surface area (Å²) in [5.74, 6) is 6.25. The summed E-state index contributed by atoms with van der Waals surface area (Å²) in [7, 11) is 0. The van der Waals surface area contributed by atoms with Crippen LogP contribution in [0.3, 0.4) is 0 Å². The number of pyridine rings is 1. The topological polar surface area (TPSA) is 55.1 Å². The number of halogens is 2. The molecule has 0 bridgehead atoms. The van der Waals surface area contributed by atoms with Gasteiger partial charge in [-0.25, -0.2) is 0 Å². The molecule has 0 atom stereocenters. The highest BCUT2D eigenvalue weighted by Crippen LogP contribution is 2.29. The number of carbonyl (C=O) groups excluding carboxylic acids is 1. The van der Waals surface area contributed by atoms with E-state index in [1.807, 2.05) is 0 Å².